The molecule has 0 spiro atoms. The lowest BCUT2D eigenvalue weighted by Gasteiger charge is -2.19. The van der Waals surface area contributed by atoms with Crippen molar-refractivity contribution in [2.24, 2.45) is 0 Å². The summed E-state index contributed by atoms with van der Waals surface area (Å²) in [5.41, 5.74) is 1.88. The van der Waals surface area contributed by atoms with Gasteiger partial charge in [0.25, 0.3) is 11.2 Å². The molecule has 4 aromatic rings. The average Bonchev–Trinajstić information content (AvgIpc) is 3.38. The fraction of sp³-hybridized carbons (Fsp3) is 0.167. The fourth-order valence-electron chi connectivity index (χ4n) is 3.46. The minimum atomic E-state index is -0.497. The maximum Gasteiger partial charge on any atom is 0.295 e. The van der Waals surface area contributed by atoms with Gasteiger partial charge in [0.05, 0.1) is 17.7 Å². The van der Waals surface area contributed by atoms with Crippen molar-refractivity contribution < 1.29 is 9.66 Å². The Kier molecular flexibility index (Phi) is 6.23. The van der Waals surface area contributed by atoms with E-state index < -0.39 is 10.5 Å². The van der Waals surface area contributed by atoms with Crippen molar-refractivity contribution in [1.82, 2.24) is 9.78 Å². The summed E-state index contributed by atoms with van der Waals surface area (Å²) in [5, 5.41) is 18.3. The Balaban J connectivity index is 2.01. The van der Waals surface area contributed by atoms with Crippen molar-refractivity contribution in [3.8, 4) is 33.1 Å². The van der Waals surface area contributed by atoms with Crippen LogP contribution in [0.3, 0.4) is 0 Å². The normalized spacial score (nSPS) is 10.8. The number of hydrogen-bond acceptors (Lipinski definition) is 7. The van der Waals surface area contributed by atoms with Gasteiger partial charge in [-0.15, -0.1) is 11.3 Å². The lowest BCUT2D eigenvalue weighted by Crippen LogP contribution is -2.30. The minimum absolute atomic E-state index is 0.117. The Labute approximate surface area is 194 Å². The van der Waals surface area contributed by atoms with Crippen LogP contribution < -0.4 is 15.2 Å². The van der Waals surface area contributed by atoms with E-state index in [9.17, 15) is 14.9 Å². The van der Waals surface area contributed by atoms with Crippen LogP contribution in [-0.4, -0.2) is 35.4 Å². The molecule has 8 nitrogen and oxygen atoms in total. The molecular weight excluding hydrogens is 440 g/mol. The summed E-state index contributed by atoms with van der Waals surface area (Å²) in [5.74, 6) is 0.642. The predicted molar refractivity (Wildman–Crippen MR) is 131 cm³/mol. The summed E-state index contributed by atoms with van der Waals surface area (Å²) >= 11 is 1.51. The van der Waals surface area contributed by atoms with Crippen LogP contribution in [0.15, 0.2) is 70.8 Å². The highest BCUT2D eigenvalue weighted by Gasteiger charge is 2.22. The van der Waals surface area contributed by atoms with Crippen LogP contribution in [0.1, 0.15) is 6.92 Å². The highest BCUT2D eigenvalue weighted by atomic mass is 32.1. The van der Waals surface area contributed by atoms with Gasteiger partial charge in [0.2, 0.25) is 0 Å². The van der Waals surface area contributed by atoms with Crippen molar-refractivity contribution in [2.45, 2.75) is 6.92 Å². The number of nitro groups is 1. The molecule has 0 bridgehead atoms. The van der Waals surface area contributed by atoms with Crippen molar-refractivity contribution in [1.29, 1.82) is 0 Å². The molecule has 0 N–H and O–H groups in total. The Morgan fingerprint density at radius 3 is 2.61 bits per heavy atom. The van der Waals surface area contributed by atoms with Crippen molar-refractivity contribution in [2.75, 3.05) is 25.6 Å². The average molecular weight is 463 g/mol. The van der Waals surface area contributed by atoms with Gasteiger partial charge in [0, 0.05) is 30.1 Å². The number of rotatable bonds is 7. The third kappa shape index (κ3) is 4.35. The second kappa shape index (κ2) is 9.25. The summed E-state index contributed by atoms with van der Waals surface area (Å²) in [6.07, 6.45) is 0. The minimum Gasteiger partial charge on any atom is -0.497 e. The molecule has 0 saturated heterocycles. The number of thiophene rings is 1. The molecule has 0 aliphatic rings. The number of nitro benzene ring substituents is 1. The molecule has 2 aromatic heterocycles. The molecule has 0 aliphatic carbocycles. The molecule has 0 fully saturated rings. The van der Waals surface area contributed by atoms with E-state index in [-0.39, 0.29) is 11.4 Å². The van der Waals surface area contributed by atoms with Crippen LogP contribution in [0.2, 0.25) is 0 Å². The highest BCUT2D eigenvalue weighted by Crippen LogP contribution is 2.32. The number of aromatic nitrogens is 2. The molecule has 168 valence electrons. The van der Waals surface area contributed by atoms with Gasteiger partial charge in [-0.3, -0.25) is 14.9 Å². The highest BCUT2D eigenvalue weighted by molar-refractivity contribution is 7.13. The maximum absolute atomic E-state index is 13.5. The Hall–Kier alpha value is -3.98. The summed E-state index contributed by atoms with van der Waals surface area (Å²) < 4.78 is 6.46. The van der Waals surface area contributed by atoms with Crippen molar-refractivity contribution >= 4 is 22.7 Å². The Morgan fingerprint density at radius 1 is 1.12 bits per heavy atom. The topological polar surface area (TPSA) is 90.5 Å². The quantitative estimate of drug-likeness (QED) is 0.284. The van der Waals surface area contributed by atoms with Crippen LogP contribution in [0.25, 0.3) is 27.4 Å². The third-order valence-corrected chi connectivity index (χ3v) is 6.27. The Bertz CT molecular complexity index is 1370. The standard InChI is InChI=1S/C24H22N4O4S/c1-4-26(2)22-15-19(16-7-5-8-18(13-16)32-3)25-27(24(22)29)21-14-17(23-9-6-12-33-23)10-11-20(21)28(30)31/h5-15H,4H2,1-3H3. The zero-order valence-electron chi connectivity index (χ0n) is 18.4. The van der Waals surface area contributed by atoms with Gasteiger partial charge < -0.3 is 9.64 Å². The van der Waals surface area contributed by atoms with Crippen LogP contribution >= 0.6 is 11.3 Å². The molecule has 9 heteroatoms. The summed E-state index contributed by atoms with van der Waals surface area (Å²) in [7, 11) is 3.37. The number of ether oxygens (including phenoxy) is 1. The second-order valence-electron chi connectivity index (χ2n) is 7.32. The summed E-state index contributed by atoms with van der Waals surface area (Å²) in [4.78, 5) is 27.6. The van der Waals surface area contributed by atoms with E-state index >= 15 is 0 Å². The second-order valence-corrected chi connectivity index (χ2v) is 8.26. The van der Waals surface area contributed by atoms with Gasteiger partial charge in [-0.05, 0) is 54.3 Å². The number of nitrogens with zero attached hydrogens (tertiary/aromatic N) is 4. The monoisotopic (exact) mass is 462 g/mol. The van der Waals surface area contributed by atoms with Gasteiger partial charge in [-0.1, -0.05) is 18.2 Å². The van der Waals surface area contributed by atoms with Gasteiger partial charge in [0.1, 0.15) is 17.1 Å². The maximum atomic E-state index is 13.5. The van der Waals surface area contributed by atoms with Gasteiger partial charge in [0.15, 0.2) is 0 Å². The summed E-state index contributed by atoms with van der Waals surface area (Å²) in [6.45, 7) is 2.50. The molecule has 33 heavy (non-hydrogen) atoms. The van der Waals surface area contributed by atoms with Crippen molar-refractivity contribution in [3.63, 3.8) is 0 Å². The smallest absolute Gasteiger partial charge is 0.295 e. The molecular formula is C24H22N4O4S. The van der Waals surface area contributed by atoms with Crippen LogP contribution in [0.5, 0.6) is 5.75 Å². The Morgan fingerprint density at radius 2 is 1.94 bits per heavy atom. The largest absolute Gasteiger partial charge is 0.497 e. The zero-order chi connectivity index (χ0) is 23.5. The van der Waals surface area contributed by atoms with Crippen LogP contribution in [0, 0.1) is 10.1 Å². The van der Waals surface area contributed by atoms with E-state index in [4.69, 9.17) is 4.74 Å². The number of methoxy groups -OCH3 is 1. The molecule has 0 radical (unpaired) electrons. The van der Waals surface area contributed by atoms with E-state index in [1.807, 2.05) is 48.7 Å². The molecule has 2 heterocycles. The van der Waals surface area contributed by atoms with Crippen LogP contribution in [0.4, 0.5) is 11.4 Å². The number of benzene rings is 2. The first kappa shape index (κ1) is 22.2. The number of anilines is 1. The third-order valence-electron chi connectivity index (χ3n) is 5.35. The van der Waals surface area contributed by atoms with Crippen LogP contribution in [-0.2, 0) is 0 Å². The first-order chi connectivity index (χ1) is 15.9. The first-order valence-corrected chi connectivity index (χ1v) is 11.1. The SMILES string of the molecule is CCN(C)c1cc(-c2cccc(OC)c2)nn(-c2cc(-c3cccs3)ccc2[N+](=O)[O-])c1=O. The molecule has 0 aliphatic heterocycles. The number of hydrogen-bond donors (Lipinski definition) is 0. The van der Waals surface area contributed by atoms with Gasteiger partial charge in [-0.25, -0.2) is 0 Å². The zero-order valence-corrected chi connectivity index (χ0v) is 19.2. The van der Waals surface area contributed by atoms with E-state index in [2.05, 4.69) is 5.10 Å². The molecule has 2 aromatic carbocycles. The molecule has 0 unspecified atom stereocenters. The van der Waals surface area contributed by atoms with E-state index in [0.717, 1.165) is 20.7 Å². The van der Waals surface area contributed by atoms with Crippen molar-refractivity contribution in [3.05, 3.63) is 86.5 Å². The fourth-order valence-corrected chi connectivity index (χ4v) is 4.18. The summed E-state index contributed by atoms with van der Waals surface area (Å²) in [6, 6.07) is 17.6. The molecule has 4 rings (SSSR count). The molecule has 0 saturated carbocycles. The first-order valence-electron chi connectivity index (χ1n) is 10.3. The van der Waals surface area contributed by atoms with Gasteiger partial charge >= 0.3 is 0 Å². The lowest BCUT2D eigenvalue weighted by molar-refractivity contribution is -0.384. The van der Waals surface area contributed by atoms with E-state index in [1.54, 1.807) is 37.3 Å². The van der Waals surface area contributed by atoms with Gasteiger partial charge in [-0.2, -0.15) is 9.78 Å². The molecule has 0 amide bonds. The lowest BCUT2D eigenvalue weighted by atomic mass is 10.1. The van der Waals surface area contributed by atoms with E-state index in [0.29, 0.717) is 23.7 Å². The molecule has 0 atom stereocenters. The van der Waals surface area contributed by atoms with E-state index in [1.165, 1.54) is 17.4 Å². The predicted octanol–water partition coefficient (Wildman–Crippen LogP) is 5.00.